The molecule has 2 aromatic heterocycles. The summed E-state index contributed by atoms with van der Waals surface area (Å²) in [5.41, 5.74) is 0.629. The fourth-order valence-electron chi connectivity index (χ4n) is 3.21. The van der Waals surface area contributed by atoms with Gasteiger partial charge in [0.2, 0.25) is 5.76 Å². The zero-order chi connectivity index (χ0) is 16.8. The average Bonchev–Trinajstić information content (AvgIpc) is 3.17. The highest BCUT2D eigenvalue weighted by Crippen LogP contribution is 2.39. The van der Waals surface area contributed by atoms with Crippen molar-refractivity contribution < 1.29 is 9.21 Å². The van der Waals surface area contributed by atoms with Crippen molar-refractivity contribution in [3.05, 3.63) is 67.2 Å². The first kappa shape index (κ1) is 15.4. The Morgan fingerprint density at radius 1 is 1.29 bits per heavy atom. The fourth-order valence-corrected chi connectivity index (χ4v) is 4.22. The van der Waals surface area contributed by atoms with E-state index in [1.54, 1.807) is 23.1 Å². The first-order chi connectivity index (χ1) is 11.6. The highest BCUT2D eigenvalue weighted by molar-refractivity contribution is 7.10. The molecule has 3 aromatic rings. The van der Waals surface area contributed by atoms with Gasteiger partial charge in [0.15, 0.2) is 5.43 Å². The van der Waals surface area contributed by atoms with Gasteiger partial charge in [0.05, 0.1) is 17.0 Å². The van der Waals surface area contributed by atoms with E-state index < -0.39 is 0 Å². The lowest BCUT2D eigenvalue weighted by Gasteiger charge is -2.23. The maximum absolute atomic E-state index is 13.1. The topological polar surface area (TPSA) is 50.5 Å². The van der Waals surface area contributed by atoms with Crippen LogP contribution in [-0.2, 0) is 0 Å². The van der Waals surface area contributed by atoms with Gasteiger partial charge in [0, 0.05) is 16.4 Å². The van der Waals surface area contributed by atoms with Crippen LogP contribution in [0, 0.1) is 0 Å². The van der Waals surface area contributed by atoms with E-state index in [1.807, 2.05) is 24.4 Å². The van der Waals surface area contributed by atoms with E-state index in [-0.39, 0.29) is 23.1 Å². The van der Waals surface area contributed by atoms with Crippen molar-refractivity contribution in [3.8, 4) is 0 Å². The molecular formula is C18H14ClNO3S. The quantitative estimate of drug-likeness (QED) is 0.693. The van der Waals surface area contributed by atoms with E-state index in [2.05, 4.69) is 0 Å². The molecule has 4 rings (SSSR count). The summed E-state index contributed by atoms with van der Waals surface area (Å²) in [7, 11) is 0. The predicted octanol–water partition coefficient (Wildman–Crippen LogP) is 4.46. The van der Waals surface area contributed by atoms with Gasteiger partial charge in [-0.15, -0.1) is 11.3 Å². The number of thiophene rings is 1. The molecule has 24 heavy (non-hydrogen) atoms. The van der Waals surface area contributed by atoms with Crippen molar-refractivity contribution in [2.24, 2.45) is 0 Å². The molecule has 0 fully saturated rings. The number of hydrogen-bond donors (Lipinski definition) is 0. The predicted molar refractivity (Wildman–Crippen MR) is 95.0 cm³/mol. The van der Waals surface area contributed by atoms with E-state index >= 15 is 0 Å². The minimum Gasteiger partial charge on any atom is -0.450 e. The second-order valence-electron chi connectivity index (χ2n) is 5.73. The second-order valence-corrected chi connectivity index (χ2v) is 7.15. The molecule has 1 amide bonds. The number of rotatable bonds is 3. The Bertz CT molecular complexity index is 993. The van der Waals surface area contributed by atoms with Crippen molar-refractivity contribution in [2.75, 3.05) is 6.54 Å². The molecule has 0 spiro atoms. The van der Waals surface area contributed by atoms with E-state index in [4.69, 9.17) is 16.0 Å². The highest BCUT2D eigenvalue weighted by atomic mass is 35.5. The van der Waals surface area contributed by atoms with Crippen LogP contribution in [0.3, 0.4) is 0 Å². The van der Waals surface area contributed by atoms with Gasteiger partial charge in [0.1, 0.15) is 5.58 Å². The van der Waals surface area contributed by atoms with Crippen LogP contribution in [0.2, 0.25) is 5.02 Å². The number of carbonyl (C=O) groups is 1. The van der Waals surface area contributed by atoms with Gasteiger partial charge in [-0.05, 0) is 36.1 Å². The third kappa shape index (κ3) is 2.19. The molecule has 0 bridgehead atoms. The molecule has 0 aliphatic carbocycles. The molecule has 1 unspecified atom stereocenters. The van der Waals surface area contributed by atoms with Crippen molar-refractivity contribution in [1.29, 1.82) is 0 Å². The van der Waals surface area contributed by atoms with Crippen LogP contribution in [-0.4, -0.2) is 17.4 Å². The summed E-state index contributed by atoms with van der Waals surface area (Å²) in [6, 6.07) is 8.37. The van der Waals surface area contributed by atoms with E-state index in [9.17, 15) is 9.59 Å². The molecule has 1 aliphatic rings. The summed E-state index contributed by atoms with van der Waals surface area (Å²) < 4.78 is 5.81. The summed E-state index contributed by atoms with van der Waals surface area (Å²) in [5, 5.41) is 2.83. The first-order valence-electron chi connectivity index (χ1n) is 7.72. The third-order valence-corrected chi connectivity index (χ3v) is 5.36. The van der Waals surface area contributed by atoms with E-state index in [0.29, 0.717) is 28.1 Å². The van der Waals surface area contributed by atoms with Crippen LogP contribution < -0.4 is 5.43 Å². The number of hydrogen-bond acceptors (Lipinski definition) is 4. The Balaban J connectivity index is 2.03. The molecule has 3 heterocycles. The molecule has 122 valence electrons. The van der Waals surface area contributed by atoms with Gasteiger partial charge < -0.3 is 9.32 Å². The third-order valence-electron chi connectivity index (χ3n) is 4.20. The SMILES string of the molecule is CCCN1C(=O)c2oc3ccc(Cl)cc3c(=O)c2C1c1cccs1. The summed E-state index contributed by atoms with van der Waals surface area (Å²) >= 11 is 7.56. The lowest BCUT2D eigenvalue weighted by Crippen LogP contribution is -2.29. The summed E-state index contributed by atoms with van der Waals surface area (Å²) in [5.74, 6) is -0.0686. The maximum atomic E-state index is 13.1. The van der Waals surface area contributed by atoms with Crippen molar-refractivity contribution in [3.63, 3.8) is 0 Å². The zero-order valence-electron chi connectivity index (χ0n) is 12.9. The fraction of sp³-hybridized carbons (Fsp3) is 0.222. The summed E-state index contributed by atoms with van der Waals surface area (Å²) in [6.45, 7) is 2.58. The van der Waals surface area contributed by atoms with Crippen LogP contribution in [0.5, 0.6) is 0 Å². The molecular weight excluding hydrogens is 346 g/mol. The molecule has 0 saturated heterocycles. The Labute approximate surface area is 147 Å². The lowest BCUT2D eigenvalue weighted by atomic mass is 10.0. The van der Waals surface area contributed by atoms with Gasteiger partial charge >= 0.3 is 0 Å². The van der Waals surface area contributed by atoms with Gasteiger partial charge in [-0.25, -0.2) is 0 Å². The number of fused-ring (bicyclic) bond motifs is 2. The summed E-state index contributed by atoms with van der Waals surface area (Å²) in [4.78, 5) is 28.6. The number of carbonyl (C=O) groups excluding carboxylic acids is 1. The van der Waals surface area contributed by atoms with Gasteiger partial charge in [0.25, 0.3) is 5.91 Å². The molecule has 4 nitrogen and oxygen atoms in total. The molecule has 1 atom stereocenters. The summed E-state index contributed by atoms with van der Waals surface area (Å²) in [6.07, 6.45) is 0.807. The van der Waals surface area contributed by atoms with Crippen molar-refractivity contribution in [1.82, 2.24) is 4.90 Å². The Hall–Kier alpha value is -2.11. The van der Waals surface area contributed by atoms with Crippen LogP contribution in [0.4, 0.5) is 0 Å². The molecule has 0 radical (unpaired) electrons. The monoisotopic (exact) mass is 359 g/mol. The normalized spacial score (nSPS) is 16.8. The number of nitrogens with zero attached hydrogens (tertiary/aromatic N) is 1. The van der Waals surface area contributed by atoms with Gasteiger partial charge in [-0.3, -0.25) is 9.59 Å². The minimum absolute atomic E-state index is 0.154. The number of halogens is 1. The highest BCUT2D eigenvalue weighted by Gasteiger charge is 2.42. The largest absolute Gasteiger partial charge is 0.450 e. The van der Waals surface area contributed by atoms with E-state index in [1.165, 1.54) is 11.3 Å². The molecule has 0 saturated carbocycles. The van der Waals surface area contributed by atoms with Crippen LogP contribution in [0.25, 0.3) is 11.0 Å². The van der Waals surface area contributed by atoms with Crippen LogP contribution >= 0.6 is 22.9 Å². The minimum atomic E-state index is -0.382. The van der Waals surface area contributed by atoms with Crippen molar-refractivity contribution in [2.45, 2.75) is 19.4 Å². The Morgan fingerprint density at radius 3 is 2.83 bits per heavy atom. The molecule has 1 aromatic carbocycles. The Morgan fingerprint density at radius 2 is 2.12 bits per heavy atom. The molecule has 6 heteroatoms. The number of amides is 1. The lowest BCUT2D eigenvalue weighted by molar-refractivity contribution is 0.0730. The second kappa shape index (κ2) is 5.76. The maximum Gasteiger partial charge on any atom is 0.290 e. The van der Waals surface area contributed by atoms with Gasteiger partial charge in [-0.1, -0.05) is 24.6 Å². The molecule has 0 N–H and O–H groups in total. The van der Waals surface area contributed by atoms with Crippen molar-refractivity contribution >= 4 is 39.8 Å². The van der Waals surface area contributed by atoms with E-state index in [0.717, 1.165) is 11.3 Å². The molecule has 1 aliphatic heterocycles. The smallest absolute Gasteiger partial charge is 0.290 e. The van der Waals surface area contributed by atoms with Crippen LogP contribution in [0.15, 0.2) is 44.9 Å². The van der Waals surface area contributed by atoms with Gasteiger partial charge in [-0.2, -0.15) is 0 Å². The van der Waals surface area contributed by atoms with Crippen LogP contribution in [0.1, 0.15) is 40.4 Å². The average molecular weight is 360 g/mol. The standard InChI is InChI=1S/C18H14ClNO3S/c1-2-7-20-15(13-4-3-8-24-13)14-16(21)11-9-10(19)5-6-12(11)23-17(14)18(20)22/h3-6,8-9,15H,2,7H2,1H3. The zero-order valence-corrected chi connectivity index (χ0v) is 14.5. The Kier molecular flexibility index (Phi) is 3.70. The first-order valence-corrected chi connectivity index (χ1v) is 8.98. The number of benzene rings is 1.